The number of rotatable bonds is 0. The van der Waals surface area contributed by atoms with Crippen LogP contribution in [0.4, 0.5) is 24.5 Å². The molecule has 0 fully saturated rings. The quantitative estimate of drug-likeness (QED) is 0.776. The molecule has 18 heavy (non-hydrogen) atoms. The van der Waals surface area contributed by atoms with Gasteiger partial charge in [-0.2, -0.15) is 13.2 Å². The highest BCUT2D eigenvalue weighted by atomic mass is 19.4. The lowest BCUT2D eigenvalue weighted by Crippen LogP contribution is -2.29. The average Bonchev–Trinajstić information content (AvgIpc) is 2.48. The third-order valence-electron chi connectivity index (χ3n) is 2.87. The number of halogens is 3. The SMILES string of the molecule is CC(=O)N1CCCNc2ccc(C(F)(F)F)cc21. The van der Waals surface area contributed by atoms with E-state index in [1.54, 1.807) is 0 Å². The number of hydrogen-bond donors (Lipinski definition) is 1. The Bertz CT molecular complexity index is 471. The molecule has 1 N–H and O–H groups in total. The molecule has 1 aliphatic rings. The number of nitrogens with one attached hydrogen (secondary N) is 1. The van der Waals surface area contributed by atoms with Crippen LogP contribution in [-0.2, 0) is 11.0 Å². The zero-order valence-corrected chi connectivity index (χ0v) is 9.84. The topological polar surface area (TPSA) is 32.3 Å². The van der Waals surface area contributed by atoms with Gasteiger partial charge in [-0.15, -0.1) is 0 Å². The van der Waals surface area contributed by atoms with Crippen molar-refractivity contribution in [1.29, 1.82) is 0 Å². The second kappa shape index (κ2) is 4.51. The molecule has 6 heteroatoms. The number of carbonyl (C=O) groups excluding carboxylic acids is 1. The maximum Gasteiger partial charge on any atom is 0.416 e. The Labute approximate surface area is 103 Å². The van der Waals surface area contributed by atoms with Crippen LogP contribution in [0.25, 0.3) is 0 Å². The third-order valence-corrected chi connectivity index (χ3v) is 2.87. The largest absolute Gasteiger partial charge is 0.416 e. The van der Waals surface area contributed by atoms with Crippen molar-refractivity contribution < 1.29 is 18.0 Å². The molecule has 3 nitrogen and oxygen atoms in total. The Morgan fingerprint density at radius 1 is 1.39 bits per heavy atom. The molecular weight excluding hydrogens is 245 g/mol. The molecule has 0 radical (unpaired) electrons. The first kappa shape index (κ1) is 12.7. The average molecular weight is 258 g/mol. The minimum Gasteiger partial charge on any atom is -0.383 e. The molecule has 0 aliphatic carbocycles. The van der Waals surface area contributed by atoms with Gasteiger partial charge in [-0.1, -0.05) is 0 Å². The Morgan fingerprint density at radius 3 is 2.72 bits per heavy atom. The van der Waals surface area contributed by atoms with E-state index < -0.39 is 11.7 Å². The molecule has 2 rings (SSSR count). The van der Waals surface area contributed by atoms with E-state index in [2.05, 4.69) is 5.32 Å². The molecule has 0 unspecified atom stereocenters. The molecule has 98 valence electrons. The first-order valence-corrected chi connectivity index (χ1v) is 5.63. The maximum atomic E-state index is 12.7. The van der Waals surface area contributed by atoms with Gasteiger partial charge in [0.2, 0.25) is 5.91 Å². The van der Waals surface area contributed by atoms with Gasteiger partial charge in [0.05, 0.1) is 16.9 Å². The number of fused-ring (bicyclic) bond motifs is 1. The minimum atomic E-state index is -4.40. The van der Waals surface area contributed by atoms with Crippen molar-refractivity contribution in [2.45, 2.75) is 19.5 Å². The number of anilines is 2. The number of amides is 1. The van der Waals surface area contributed by atoms with Gasteiger partial charge >= 0.3 is 6.18 Å². The number of alkyl halides is 3. The van der Waals surface area contributed by atoms with Gasteiger partial charge in [0.15, 0.2) is 0 Å². The standard InChI is InChI=1S/C12H13F3N2O/c1-8(18)17-6-2-5-16-10-4-3-9(7-11(10)17)12(13,14)15/h3-4,7,16H,2,5-6H2,1H3. The highest BCUT2D eigenvalue weighted by Crippen LogP contribution is 2.36. The zero-order valence-electron chi connectivity index (χ0n) is 9.84. The van der Waals surface area contributed by atoms with Crippen molar-refractivity contribution in [2.24, 2.45) is 0 Å². The number of carbonyl (C=O) groups is 1. The molecule has 0 spiro atoms. The van der Waals surface area contributed by atoms with Crippen molar-refractivity contribution in [3.8, 4) is 0 Å². The lowest BCUT2D eigenvalue weighted by molar-refractivity contribution is -0.137. The fraction of sp³-hybridized carbons (Fsp3) is 0.417. The van der Waals surface area contributed by atoms with E-state index in [0.717, 1.165) is 12.1 Å². The molecule has 0 bridgehead atoms. The summed E-state index contributed by atoms with van der Waals surface area (Å²) in [5, 5.41) is 3.03. The van der Waals surface area contributed by atoms with E-state index >= 15 is 0 Å². The lowest BCUT2D eigenvalue weighted by Gasteiger charge is -2.22. The molecule has 1 aliphatic heterocycles. The van der Waals surface area contributed by atoms with Crippen molar-refractivity contribution in [3.63, 3.8) is 0 Å². The number of nitrogens with zero attached hydrogens (tertiary/aromatic N) is 1. The molecular formula is C12H13F3N2O. The van der Waals surface area contributed by atoms with Crippen molar-refractivity contribution in [3.05, 3.63) is 23.8 Å². The second-order valence-electron chi connectivity index (χ2n) is 4.18. The summed E-state index contributed by atoms with van der Waals surface area (Å²) in [6.07, 6.45) is -3.70. The predicted octanol–water partition coefficient (Wildman–Crippen LogP) is 2.87. The molecule has 0 saturated carbocycles. The van der Waals surface area contributed by atoms with Crippen LogP contribution in [0.3, 0.4) is 0 Å². The summed E-state index contributed by atoms with van der Waals surface area (Å²) < 4.78 is 38.0. The van der Waals surface area contributed by atoms with Crippen LogP contribution in [0.5, 0.6) is 0 Å². The van der Waals surface area contributed by atoms with Gasteiger partial charge in [-0.3, -0.25) is 4.79 Å². The summed E-state index contributed by atoms with van der Waals surface area (Å²) in [5.41, 5.74) is 0.127. The molecule has 1 aromatic rings. The Kier molecular flexibility index (Phi) is 3.19. The maximum absolute atomic E-state index is 12.7. The van der Waals surface area contributed by atoms with Crippen LogP contribution in [0.1, 0.15) is 18.9 Å². The summed E-state index contributed by atoms with van der Waals surface area (Å²) in [7, 11) is 0. The van der Waals surface area contributed by atoms with Crippen molar-refractivity contribution in [1.82, 2.24) is 0 Å². The fourth-order valence-corrected chi connectivity index (χ4v) is 1.99. The normalized spacial score (nSPS) is 15.7. The Balaban J connectivity index is 2.50. The van der Waals surface area contributed by atoms with Crippen LogP contribution in [0.2, 0.25) is 0 Å². The number of benzene rings is 1. The second-order valence-corrected chi connectivity index (χ2v) is 4.18. The Hall–Kier alpha value is -1.72. The van der Waals surface area contributed by atoms with Crippen molar-refractivity contribution in [2.75, 3.05) is 23.3 Å². The van der Waals surface area contributed by atoms with E-state index in [1.807, 2.05) is 0 Å². The van der Waals surface area contributed by atoms with Crippen LogP contribution in [0.15, 0.2) is 18.2 Å². The van der Waals surface area contributed by atoms with E-state index in [0.29, 0.717) is 30.9 Å². The van der Waals surface area contributed by atoms with Crippen LogP contribution >= 0.6 is 0 Å². The zero-order chi connectivity index (χ0) is 13.3. The van der Waals surface area contributed by atoms with Gasteiger partial charge in [-0.25, -0.2) is 0 Å². The van der Waals surface area contributed by atoms with Gasteiger partial charge in [0, 0.05) is 20.0 Å². The van der Waals surface area contributed by atoms with Crippen LogP contribution < -0.4 is 10.2 Å². The highest BCUT2D eigenvalue weighted by Gasteiger charge is 2.32. The predicted molar refractivity (Wildman–Crippen MR) is 62.6 cm³/mol. The molecule has 1 heterocycles. The summed E-state index contributed by atoms with van der Waals surface area (Å²) in [6.45, 7) is 2.42. The first-order valence-electron chi connectivity index (χ1n) is 5.63. The van der Waals surface area contributed by atoms with E-state index in [1.165, 1.54) is 17.9 Å². The molecule has 0 atom stereocenters. The summed E-state index contributed by atoms with van der Waals surface area (Å²) in [5.74, 6) is -0.251. The van der Waals surface area contributed by atoms with Gasteiger partial charge < -0.3 is 10.2 Å². The smallest absolute Gasteiger partial charge is 0.383 e. The molecule has 0 saturated heterocycles. The van der Waals surface area contributed by atoms with Crippen molar-refractivity contribution >= 4 is 17.3 Å². The van der Waals surface area contributed by atoms with Gasteiger partial charge in [0.25, 0.3) is 0 Å². The van der Waals surface area contributed by atoms with E-state index in [9.17, 15) is 18.0 Å². The van der Waals surface area contributed by atoms with Gasteiger partial charge in [0.1, 0.15) is 0 Å². The van der Waals surface area contributed by atoms with Crippen LogP contribution in [-0.4, -0.2) is 19.0 Å². The first-order chi connectivity index (χ1) is 8.39. The van der Waals surface area contributed by atoms with E-state index in [-0.39, 0.29) is 5.91 Å². The van der Waals surface area contributed by atoms with Crippen LogP contribution in [0, 0.1) is 0 Å². The monoisotopic (exact) mass is 258 g/mol. The van der Waals surface area contributed by atoms with Gasteiger partial charge in [-0.05, 0) is 24.6 Å². The summed E-state index contributed by atoms with van der Waals surface area (Å²) >= 11 is 0. The third kappa shape index (κ3) is 2.42. The minimum absolute atomic E-state index is 0.251. The number of hydrogen-bond acceptors (Lipinski definition) is 2. The highest BCUT2D eigenvalue weighted by molar-refractivity contribution is 5.95. The van der Waals surface area contributed by atoms with E-state index in [4.69, 9.17) is 0 Å². The lowest BCUT2D eigenvalue weighted by atomic mass is 10.1. The molecule has 1 amide bonds. The molecule has 0 aromatic heterocycles. The Morgan fingerprint density at radius 2 is 2.11 bits per heavy atom. The summed E-state index contributed by atoms with van der Waals surface area (Å²) in [6, 6.07) is 3.42. The molecule has 1 aromatic carbocycles. The fourth-order valence-electron chi connectivity index (χ4n) is 1.99. The summed E-state index contributed by atoms with van der Waals surface area (Å²) in [4.78, 5) is 12.9.